The highest BCUT2D eigenvalue weighted by Gasteiger charge is 2.15. The van der Waals surface area contributed by atoms with E-state index < -0.39 is 0 Å². The molecule has 3 nitrogen and oxygen atoms in total. The van der Waals surface area contributed by atoms with Crippen LogP contribution in [-0.4, -0.2) is 4.57 Å². The van der Waals surface area contributed by atoms with Gasteiger partial charge in [-0.3, -0.25) is 4.57 Å². The molecule has 20 heavy (non-hydrogen) atoms. The van der Waals surface area contributed by atoms with Crippen LogP contribution in [0.3, 0.4) is 0 Å². The molecule has 0 aliphatic rings. The number of thiophene rings is 1. The first kappa shape index (κ1) is 13.6. The van der Waals surface area contributed by atoms with E-state index in [1.165, 1.54) is 14.3 Å². The molecule has 5 heteroatoms. The molecule has 1 aromatic carbocycles. The van der Waals surface area contributed by atoms with Gasteiger partial charge in [-0.15, -0.1) is 11.3 Å². The summed E-state index contributed by atoms with van der Waals surface area (Å²) in [6.07, 6.45) is 1.05. The molecular formula is C15H14BrNO2S. The third kappa shape index (κ3) is 2.25. The summed E-state index contributed by atoms with van der Waals surface area (Å²) in [5, 5.41) is 0. The van der Waals surface area contributed by atoms with Gasteiger partial charge in [0.05, 0.1) is 10.3 Å². The minimum Gasteiger partial charge on any atom is -0.408 e. The number of oxazole rings is 1. The number of hydrogen-bond acceptors (Lipinski definition) is 3. The molecule has 1 unspecified atom stereocenters. The van der Waals surface area contributed by atoms with Gasteiger partial charge in [0.25, 0.3) is 0 Å². The predicted octanol–water partition coefficient (Wildman–Crippen LogP) is 4.24. The highest BCUT2D eigenvalue weighted by Crippen LogP contribution is 2.36. The van der Waals surface area contributed by atoms with Crippen molar-refractivity contribution in [3.8, 4) is 0 Å². The second-order valence-electron chi connectivity index (χ2n) is 4.67. The number of hydrogen-bond donors (Lipinski definition) is 0. The van der Waals surface area contributed by atoms with Crippen molar-refractivity contribution < 1.29 is 4.42 Å². The number of fused-ring (bicyclic) bond motifs is 1. The zero-order valence-electron chi connectivity index (χ0n) is 11.2. The molecule has 0 radical (unpaired) electrons. The third-order valence-electron chi connectivity index (χ3n) is 3.39. The monoisotopic (exact) mass is 351 g/mol. The lowest BCUT2D eigenvalue weighted by atomic mass is 10.1. The lowest BCUT2D eigenvalue weighted by Crippen LogP contribution is -2.08. The fourth-order valence-electron chi connectivity index (χ4n) is 2.19. The molecule has 104 valence electrons. The fourth-order valence-corrected chi connectivity index (χ4v) is 3.87. The highest BCUT2D eigenvalue weighted by molar-refractivity contribution is 9.09. The quantitative estimate of drug-likeness (QED) is 0.661. The van der Waals surface area contributed by atoms with E-state index in [-0.39, 0.29) is 10.6 Å². The van der Waals surface area contributed by atoms with Crippen molar-refractivity contribution in [2.24, 2.45) is 7.05 Å². The molecule has 0 saturated heterocycles. The molecule has 0 aliphatic heterocycles. The number of nitrogens with zero attached hydrogens (tertiary/aromatic N) is 1. The molecule has 0 spiro atoms. The van der Waals surface area contributed by atoms with Crippen molar-refractivity contribution in [1.29, 1.82) is 0 Å². The van der Waals surface area contributed by atoms with Crippen molar-refractivity contribution in [2.45, 2.75) is 18.2 Å². The van der Waals surface area contributed by atoms with Crippen LogP contribution in [0.5, 0.6) is 0 Å². The summed E-state index contributed by atoms with van der Waals surface area (Å²) < 4.78 is 6.76. The molecule has 0 amide bonds. The Kier molecular flexibility index (Phi) is 3.56. The number of aromatic nitrogens is 1. The number of rotatable bonds is 3. The largest absolute Gasteiger partial charge is 0.419 e. The van der Waals surface area contributed by atoms with Crippen LogP contribution in [0.1, 0.15) is 27.1 Å². The molecule has 3 rings (SSSR count). The maximum Gasteiger partial charge on any atom is 0.419 e. The minimum absolute atomic E-state index is 0.128. The van der Waals surface area contributed by atoms with Crippen molar-refractivity contribution in [3.05, 3.63) is 56.2 Å². The van der Waals surface area contributed by atoms with Crippen molar-refractivity contribution in [2.75, 3.05) is 0 Å². The Hall–Kier alpha value is -1.33. The van der Waals surface area contributed by atoms with Crippen LogP contribution in [0.25, 0.3) is 11.1 Å². The van der Waals surface area contributed by atoms with Gasteiger partial charge in [-0.05, 0) is 36.2 Å². The van der Waals surface area contributed by atoms with Gasteiger partial charge in [0.15, 0.2) is 5.58 Å². The second-order valence-corrected chi connectivity index (χ2v) is 6.79. The van der Waals surface area contributed by atoms with Gasteiger partial charge >= 0.3 is 5.76 Å². The number of halogens is 1. The van der Waals surface area contributed by atoms with E-state index in [1.807, 2.05) is 18.2 Å². The van der Waals surface area contributed by atoms with Gasteiger partial charge < -0.3 is 4.42 Å². The van der Waals surface area contributed by atoms with Crippen molar-refractivity contribution in [3.63, 3.8) is 0 Å². The van der Waals surface area contributed by atoms with Gasteiger partial charge in [-0.25, -0.2) is 4.79 Å². The Morgan fingerprint density at radius 1 is 1.35 bits per heavy atom. The molecule has 3 aromatic rings. The van der Waals surface area contributed by atoms with E-state index in [2.05, 4.69) is 35.0 Å². The Labute approximate surface area is 129 Å². The second kappa shape index (κ2) is 5.22. The lowest BCUT2D eigenvalue weighted by molar-refractivity contribution is 0.528. The standard InChI is InChI=1S/C15H14BrNO2S/c1-3-10-5-7-13(20-10)14(16)9-4-6-11-12(8-9)19-15(18)17(11)2/h4-8,14H,3H2,1-2H3. The summed E-state index contributed by atoms with van der Waals surface area (Å²) in [7, 11) is 1.71. The van der Waals surface area contributed by atoms with Gasteiger partial charge in [-0.1, -0.05) is 28.9 Å². The van der Waals surface area contributed by atoms with Crippen LogP contribution in [0.4, 0.5) is 0 Å². The summed E-state index contributed by atoms with van der Waals surface area (Å²) in [4.78, 5) is 14.3. The molecule has 0 fully saturated rings. The summed E-state index contributed by atoms with van der Waals surface area (Å²) in [5.74, 6) is -0.326. The maximum absolute atomic E-state index is 11.5. The molecule has 0 bridgehead atoms. The molecule has 0 aliphatic carbocycles. The van der Waals surface area contributed by atoms with Crippen molar-refractivity contribution >= 4 is 38.4 Å². The van der Waals surface area contributed by atoms with Gasteiger partial charge in [0.2, 0.25) is 0 Å². The summed E-state index contributed by atoms with van der Waals surface area (Å²) in [6, 6.07) is 10.2. The van der Waals surface area contributed by atoms with Crippen molar-refractivity contribution in [1.82, 2.24) is 4.57 Å². The SMILES string of the molecule is CCc1ccc(C(Br)c2ccc3c(c2)oc(=O)n3C)s1. The molecule has 0 saturated carbocycles. The zero-order chi connectivity index (χ0) is 14.3. The summed E-state index contributed by atoms with van der Waals surface area (Å²) in [5.41, 5.74) is 2.54. The third-order valence-corrected chi connectivity index (χ3v) is 6.01. The number of aryl methyl sites for hydroxylation is 2. The van der Waals surface area contributed by atoms with Crippen LogP contribution in [0.2, 0.25) is 0 Å². The highest BCUT2D eigenvalue weighted by atomic mass is 79.9. The Balaban J connectivity index is 2.03. The van der Waals surface area contributed by atoms with E-state index in [4.69, 9.17) is 4.42 Å². The van der Waals surface area contributed by atoms with Gasteiger partial charge in [0, 0.05) is 16.8 Å². The smallest absolute Gasteiger partial charge is 0.408 e. The van der Waals surface area contributed by atoms with Crippen LogP contribution in [-0.2, 0) is 13.5 Å². The zero-order valence-corrected chi connectivity index (χ0v) is 13.6. The average Bonchev–Trinajstić information content (AvgIpc) is 3.04. The first-order valence-electron chi connectivity index (χ1n) is 6.42. The van der Waals surface area contributed by atoms with E-state index in [9.17, 15) is 4.79 Å². The molecule has 2 heterocycles. The van der Waals surface area contributed by atoms with E-state index in [1.54, 1.807) is 18.4 Å². The fraction of sp³-hybridized carbons (Fsp3) is 0.267. The van der Waals surface area contributed by atoms with Crippen LogP contribution in [0, 0.1) is 0 Å². The average molecular weight is 352 g/mol. The van der Waals surface area contributed by atoms with Gasteiger partial charge in [0.1, 0.15) is 0 Å². The molecule has 2 aromatic heterocycles. The maximum atomic E-state index is 11.5. The number of benzene rings is 1. The van der Waals surface area contributed by atoms with Gasteiger partial charge in [-0.2, -0.15) is 0 Å². The Bertz CT molecular complexity index is 815. The first-order valence-corrected chi connectivity index (χ1v) is 8.15. The summed E-state index contributed by atoms with van der Waals surface area (Å²) >= 11 is 5.54. The van der Waals surface area contributed by atoms with E-state index in [0.29, 0.717) is 5.58 Å². The van der Waals surface area contributed by atoms with Crippen LogP contribution < -0.4 is 5.76 Å². The topological polar surface area (TPSA) is 35.1 Å². The Morgan fingerprint density at radius 2 is 2.15 bits per heavy atom. The molecule has 1 atom stereocenters. The number of alkyl halides is 1. The van der Waals surface area contributed by atoms with Crippen LogP contribution >= 0.6 is 27.3 Å². The van der Waals surface area contributed by atoms with Crippen LogP contribution in [0.15, 0.2) is 39.5 Å². The normalized spacial score (nSPS) is 12.9. The predicted molar refractivity (Wildman–Crippen MR) is 85.9 cm³/mol. The minimum atomic E-state index is -0.326. The molecule has 0 N–H and O–H groups in total. The van der Waals surface area contributed by atoms with E-state index >= 15 is 0 Å². The summed E-state index contributed by atoms with van der Waals surface area (Å²) in [6.45, 7) is 2.16. The Morgan fingerprint density at radius 3 is 2.85 bits per heavy atom. The lowest BCUT2D eigenvalue weighted by Gasteiger charge is -2.07. The molecular weight excluding hydrogens is 338 g/mol. The van der Waals surface area contributed by atoms with E-state index in [0.717, 1.165) is 17.5 Å². The first-order chi connectivity index (χ1) is 9.60.